The largest absolute Gasteiger partial charge is 0.503 e. The van der Waals surface area contributed by atoms with Gasteiger partial charge in [0.25, 0.3) is 5.91 Å². The normalized spacial score (nSPS) is 16.5. The number of rotatable bonds is 4. The van der Waals surface area contributed by atoms with Gasteiger partial charge in [-0.05, 0) is 50.6 Å². The first-order valence-corrected chi connectivity index (χ1v) is 10.5. The van der Waals surface area contributed by atoms with Crippen LogP contribution in [0.25, 0.3) is 0 Å². The number of aryl methyl sites for hydroxylation is 3. The predicted molar refractivity (Wildman–Crippen MR) is 118 cm³/mol. The lowest BCUT2D eigenvalue weighted by Gasteiger charge is -2.27. The van der Waals surface area contributed by atoms with Gasteiger partial charge in [-0.3, -0.25) is 14.5 Å². The standard InChI is InChI=1S/C23H19ClN2O3S/c1-12-5-4-6-15(11-12)19-18(20(27)22-13(2)25-14(3)30-22)21(28)23(29)26(19)17-9-7-16(24)8-10-17/h4-11,19,28H,1-3H3. The van der Waals surface area contributed by atoms with Crippen LogP contribution in [-0.2, 0) is 4.79 Å². The van der Waals surface area contributed by atoms with Crippen molar-refractivity contribution >= 4 is 40.3 Å². The number of anilines is 1. The zero-order valence-corrected chi connectivity index (χ0v) is 18.2. The Bertz CT molecular complexity index is 1200. The Kier molecular flexibility index (Phi) is 5.22. The molecular weight excluding hydrogens is 420 g/mol. The number of Topliss-reactive ketones (excluding diaryl/α,β-unsaturated/α-hetero) is 1. The molecule has 1 unspecified atom stereocenters. The SMILES string of the molecule is Cc1cccc(C2C(C(=O)c3sc(C)nc3C)=C(O)C(=O)N2c2ccc(Cl)cc2)c1. The highest BCUT2D eigenvalue weighted by Crippen LogP contribution is 2.43. The molecule has 1 aliphatic heterocycles. The van der Waals surface area contributed by atoms with Crippen LogP contribution in [0.15, 0.2) is 59.9 Å². The lowest BCUT2D eigenvalue weighted by Crippen LogP contribution is -2.31. The van der Waals surface area contributed by atoms with Gasteiger partial charge in [0.2, 0.25) is 5.78 Å². The van der Waals surface area contributed by atoms with Crippen molar-refractivity contribution in [2.24, 2.45) is 0 Å². The Morgan fingerprint density at radius 2 is 1.83 bits per heavy atom. The smallest absolute Gasteiger partial charge is 0.294 e. The summed E-state index contributed by atoms with van der Waals surface area (Å²) in [4.78, 5) is 32.8. The molecule has 30 heavy (non-hydrogen) atoms. The van der Waals surface area contributed by atoms with Gasteiger partial charge in [0.05, 0.1) is 27.2 Å². The molecule has 0 saturated heterocycles. The van der Waals surface area contributed by atoms with Gasteiger partial charge in [0, 0.05) is 10.7 Å². The molecule has 1 N–H and O–H groups in total. The molecule has 152 valence electrons. The van der Waals surface area contributed by atoms with E-state index < -0.39 is 17.7 Å². The third kappa shape index (κ3) is 3.42. The Balaban J connectivity index is 1.90. The molecule has 0 aliphatic carbocycles. The van der Waals surface area contributed by atoms with Crippen molar-refractivity contribution in [1.29, 1.82) is 0 Å². The Morgan fingerprint density at radius 1 is 1.13 bits per heavy atom. The first-order valence-electron chi connectivity index (χ1n) is 9.35. The van der Waals surface area contributed by atoms with Gasteiger partial charge in [0.1, 0.15) is 0 Å². The van der Waals surface area contributed by atoms with E-state index in [4.69, 9.17) is 11.6 Å². The van der Waals surface area contributed by atoms with Gasteiger partial charge in [-0.25, -0.2) is 4.98 Å². The van der Waals surface area contributed by atoms with Crippen LogP contribution >= 0.6 is 22.9 Å². The number of aromatic nitrogens is 1. The summed E-state index contributed by atoms with van der Waals surface area (Å²) in [5.74, 6) is -1.54. The van der Waals surface area contributed by atoms with Crippen molar-refractivity contribution in [3.63, 3.8) is 0 Å². The highest BCUT2D eigenvalue weighted by atomic mass is 35.5. The number of carbonyl (C=O) groups is 2. The van der Waals surface area contributed by atoms with Crippen LogP contribution in [0.1, 0.15) is 37.5 Å². The third-order valence-electron chi connectivity index (χ3n) is 5.03. The molecule has 3 aromatic rings. The van der Waals surface area contributed by atoms with Crippen LogP contribution < -0.4 is 4.90 Å². The summed E-state index contributed by atoms with van der Waals surface area (Å²) in [5.41, 5.74) is 2.92. The van der Waals surface area contributed by atoms with Crippen molar-refractivity contribution in [2.75, 3.05) is 4.90 Å². The van der Waals surface area contributed by atoms with Gasteiger partial charge >= 0.3 is 0 Å². The van der Waals surface area contributed by atoms with Crippen molar-refractivity contribution < 1.29 is 14.7 Å². The number of halogens is 1. The summed E-state index contributed by atoms with van der Waals surface area (Å²) in [6.45, 7) is 5.51. The van der Waals surface area contributed by atoms with Crippen molar-refractivity contribution in [2.45, 2.75) is 26.8 Å². The maximum absolute atomic E-state index is 13.5. The number of hydrogen-bond acceptors (Lipinski definition) is 5. The number of amides is 1. The van der Waals surface area contributed by atoms with Crippen molar-refractivity contribution in [3.05, 3.63) is 91.6 Å². The Morgan fingerprint density at radius 3 is 2.43 bits per heavy atom. The quantitative estimate of drug-likeness (QED) is 0.545. The van der Waals surface area contributed by atoms with E-state index in [2.05, 4.69) is 4.98 Å². The number of aliphatic hydroxyl groups excluding tert-OH is 1. The van der Waals surface area contributed by atoms with E-state index in [0.717, 1.165) is 16.1 Å². The molecule has 1 aromatic heterocycles. The topological polar surface area (TPSA) is 70.5 Å². The molecule has 1 atom stereocenters. The summed E-state index contributed by atoms with van der Waals surface area (Å²) >= 11 is 7.27. The lowest BCUT2D eigenvalue weighted by atomic mass is 9.94. The highest BCUT2D eigenvalue weighted by Gasteiger charge is 2.45. The molecule has 4 rings (SSSR count). The van der Waals surface area contributed by atoms with Gasteiger partial charge in [0.15, 0.2) is 5.76 Å². The Hall–Kier alpha value is -2.96. The monoisotopic (exact) mass is 438 g/mol. The summed E-state index contributed by atoms with van der Waals surface area (Å²) in [6, 6.07) is 13.6. The number of thiazole rings is 1. The van der Waals surface area contributed by atoms with Crippen molar-refractivity contribution in [1.82, 2.24) is 4.98 Å². The van der Waals surface area contributed by atoms with E-state index in [-0.39, 0.29) is 11.4 Å². The van der Waals surface area contributed by atoms with Crippen molar-refractivity contribution in [3.8, 4) is 0 Å². The minimum Gasteiger partial charge on any atom is -0.503 e. The van der Waals surface area contributed by atoms with Crippen LogP contribution in [0.4, 0.5) is 5.69 Å². The minimum atomic E-state index is -0.757. The van der Waals surface area contributed by atoms with Gasteiger partial charge in [-0.1, -0.05) is 41.4 Å². The fraction of sp³-hybridized carbons (Fsp3) is 0.174. The molecule has 0 bridgehead atoms. The van der Waals surface area contributed by atoms with Gasteiger partial charge < -0.3 is 5.11 Å². The first-order chi connectivity index (χ1) is 14.3. The lowest BCUT2D eigenvalue weighted by molar-refractivity contribution is -0.117. The van der Waals surface area contributed by atoms with E-state index in [9.17, 15) is 14.7 Å². The number of ketones is 1. The van der Waals surface area contributed by atoms with Crippen LogP contribution in [0.5, 0.6) is 0 Å². The minimum absolute atomic E-state index is 0.0623. The number of hydrogen-bond donors (Lipinski definition) is 1. The molecule has 0 spiro atoms. The zero-order valence-electron chi connectivity index (χ0n) is 16.6. The van der Waals surface area contributed by atoms with Crippen LogP contribution in [0.3, 0.4) is 0 Å². The van der Waals surface area contributed by atoms with Crippen LogP contribution in [0, 0.1) is 20.8 Å². The molecule has 0 saturated carbocycles. The maximum Gasteiger partial charge on any atom is 0.294 e. The molecule has 2 aromatic carbocycles. The molecule has 1 aliphatic rings. The molecular formula is C23H19ClN2O3S. The van der Waals surface area contributed by atoms with E-state index in [0.29, 0.717) is 21.3 Å². The van der Waals surface area contributed by atoms with E-state index in [1.165, 1.54) is 16.2 Å². The molecule has 1 amide bonds. The summed E-state index contributed by atoms with van der Waals surface area (Å²) in [6.07, 6.45) is 0. The zero-order chi connectivity index (χ0) is 21.6. The van der Waals surface area contributed by atoms with Crippen LogP contribution in [0.2, 0.25) is 5.02 Å². The maximum atomic E-state index is 13.5. The fourth-order valence-corrected chi connectivity index (χ4v) is 4.73. The molecule has 0 fully saturated rings. The molecule has 0 radical (unpaired) electrons. The number of carbonyl (C=O) groups excluding carboxylic acids is 2. The molecule has 2 heterocycles. The number of nitrogens with zero attached hydrogens (tertiary/aromatic N) is 2. The second-order valence-electron chi connectivity index (χ2n) is 7.21. The third-order valence-corrected chi connectivity index (χ3v) is 6.35. The molecule has 7 heteroatoms. The van der Waals surface area contributed by atoms with Gasteiger partial charge in [-0.15, -0.1) is 11.3 Å². The predicted octanol–water partition coefficient (Wildman–Crippen LogP) is 5.50. The summed E-state index contributed by atoms with van der Waals surface area (Å²) < 4.78 is 0. The Labute approximate surface area is 183 Å². The van der Waals surface area contributed by atoms with Crippen LogP contribution in [-0.4, -0.2) is 21.8 Å². The summed E-state index contributed by atoms with van der Waals surface area (Å²) in [5, 5.41) is 12.1. The number of benzene rings is 2. The number of aliphatic hydroxyl groups is 1. The second kappa shape index (κ2) is 7.70. The first kappa shape index (κ1) is 20.3. The van der Waals surface area contributed by atoms with E-state index in [1.54, 1.807) is 31.2 Å². The second-order valence-corrected chi connectivity index (χ2v) is 8.85. The van der Waals surface area contributed by atoms with E-state index >= 15 is 0 Å². The summed E-state index contributed by atoms with van der Waals surface area (Å²) in [7, 11) is 0. The average molecular weight is 439 g/mol. The average Bonchev–Trinajstić information content (AvgIpc) is 3.18. The van der Waals surface area contributed by atoms with Gasteiger partial charge in [-0.2, -0.15) is 0 Å². The fourth-order valence-electron chi connectivity index (χ4n) is 3.73. The van der Waals surface area contributed by atoms with E-state index in [1.807, 2.05) is 38.1 Å². The highest BCUT2D eigenvalue weighted by molar-refractivity contribution is 7.14. The molecule has 5 nitrogen and oxygen atoms in total.